The lowest BCUT2D eigenvalue weighted by Gasteiger charge is -2.13. The van der Waals surface area contributed by atoms with Crippen LogP contribution in [0, 0.1) is 17.1 Å². The van der Waals surface area contributed by atoms with E-state index in [1.165, 1.54) is 24.3 Å². The number of nitriles is 1. The number of hydrogen-bond donors (Lipinski definition) is 2. The quantitative estimate of drug-likeness (QED) is 0.649. The van der Waals surface area contributed by atoms with Crippen LogP contribution in [0.2, 0.25) is 0 Å². The predicted molar refractivity (Wildman–Crippen MR) is 70.3 cm³/mol. The van der Waals surface area contributed by atoms with E-state index < -0.39 is 17.6 Å². The summed E-state index contributed by atoms with van der Waals surface area (Å²) in [4.78, 5) is 0. The summed E-state index contributed by atoms with van der Waals surface area (Å²) in [6.07, 6.45) is -4.78. The number of nitrogens with zero attached hydrogens (tertiary/aromatic N) is 1. The van der Waals surface area contributed by atoms with Gasteiger partial charge in [-0.05, 0) is 36.4 Å². The Bertz CT molecular complexity index is 717. The molecule has 0 aliphatic rings. The van der Waals surface area contributed by atoms with E-state index in [1.54, 1.807) is 0 Å². The summed E-state index contributed by atoms with van der Waals surface area (Å²) >= 11 is 0. The molecule has 7 heteroatoms. The molecule has 3 N–H and O–H groups in total. The van der Waals surface area contributed by atoms with Gasteiger partial charge in [0.1, 0.15) is 5.82 Å². The molecule has 0 aromatic heterocycles. The molecule has 0 fully saturated rings. The summed E-state index contributed by atoms with van der Waals surface area (Å²) in [6.45, 7) is 0. The third-order valence-electron chi connectivity index (χ3n) is 2.73. The maximum absolute atomic E-state index is 13.2. The Morgan fingerprint density at radius 3 is 2.38 bits per heavy atom. The first-order chi connectivity index (χ1) is 9.81. The van der Waals surface area contributed by atoms with Crippen molar-refractivity contribution in [1.82, 2.24) is 0 Å². The maximum Gasteiger partial charge on any atom is 0.419 e. The van der Waals surface area contributed by atoms with Gasteiger partial charge in [0.2, 0.25) is 0 Å². The first-order valence-electron chi connectivity index (χ1n) is 5.74. The molecule has 0 spiro atoms. The minimum absolute atomic E-state index is 0.0418. The fourth-order valence-electron chi connectivity index (χ4n) is 1.72. The first-order valence-corrected chi connectivity index (χ1v) is 5.74. The average molecular weight is 295 g/mol. The minimum Gasteiger partial charge on any atom is -0.397 e. The zero-order valence-corrected chi connectivity index (χ0v) is 10.5. The monoisotopic (exact) mass is 295 g/mol. The molecule has 2 aromatic carbocycles. The van der Waals surface area contributed by atoms with Crippen LogP contribution >= 0.6 is 0 Å². The molecule has 2 rings (SSSR count). The second-order valence-corrected chi connectivity index (χ2v) is 4.23. The van der Waals surface area contributed by atoms with E-state index in [0.29, 0.717) is 17.3 Å². The van der Waals surface area contributed by atoms with Crippen LogP contribution in [-0.2, 0) is 6.18 Å². The molecule has 21 heavy (non-hydrogen) atoms. The highest BCUT2D eigenvalue weighted by molar-refractivity contribution is 5.74. The van der Waals surface area contributed by atoms with Crippen LogP contribution in [-0.4, -0.2) is 0 Å². The van der Waals surface area contributed by atoms with Gasteiger partial charge in [-0.2, -0.15) is 18.4 Å². The number of nitrogens with two attached hydrogens (primary N) is 1. The van der Waals surface area contributed by atoms with Gasteiger partial charge in [-0.15, -0.1) is 0 Å². The van der Waals surface area contributed by atoms with Crippen molar-refractivity contribution in [3.63, 3.8) is 0 Å². The van der Waals surface area contributed by atoms with E-state index in [9.17, 15) is 17.6 Å². The summed E-state index contributed by atoms with van der Waals surface area (Å²) in [5.41, 5.74) is 5.22. The lowest BCUT2D eigenvalue weighted by atomic mass is 10.1. The zero-order valence-electron chi connectivity index (χ0n) is 10.5. The Morgan fingerprint density at radius 2 is 1.81 bits per heavy atom. The predicted octanol–water partition coefficient (Wildman–Crippen LogP) is 4.04. The fraction of sp³-hybridized carbons (Fsp3) is 0.0714. The second-order valence-electron chi connectivity index (χ2n) is 4.23. The SMILES string of the molecule is N#Cc1ccc(Nc2ccc(F)c(C(F)(F)F)c2)c(N)c1. The van der Waals surface area contributed by atoms with Crippen LogP contribution in [0.4, 0.5) is 34.6 Å². The standard InChI is InChI=1S/C14H9F4N3/c15-11-3-2-9(6-10(11)14(16,17)18)21-13-4-1-8(7-19)5-12(13)20/h1-6,21H,20H2. The number of nitrogen functional groups attached to an aromatic ring is 1. The molecule has 0 heterocycles. The van der Waals surface area contributed by atoms with E-state index in [4.69, 9.17) is 11.0 Å². The van der Waals surface area contributed by atoms with Crippen molar-refractivity contribution in [3.05, 3.63) is 53.3 Å². The van der Waals surface area contributed by atoms with Gasteiger partial charge in [0.15, 0.2) is 0 Å². The molecular formula is C14H9F4N3. The molecule has 0 unspecified atom stereocenters. The average Bonchev–Trinajstić information content (AvgIpc) is 2.41. The molecule has 0 radical (unpaired) electrons. The summed E-state index contributed by atoms with van der Waals surface area (Å²) in [5, 5.41) is 11.4. The van der Waals surface area contributed by atoms with Crippen LogP contribution in [0.3, 0.4) is 0 Å². The largest absolute Gasteiger partial charge is 0.419 e. The fourth-order valence-corrected chi connectivity index (χ4v) is 1.72. The van der Waals surface area contributed by atoms with E-state index in [1.807, 2.05) is 6.07 Å². The van der Waals surface area contributed by atoms with Crippen LogP contribution in [0.15, 0.2) is 36.4 Å². The topological polar surface area (TPSA) is 61.8 Å². The van der Waals surface area contributed by atoms with Gasteiger partial charge in [0.05, 0.1) is 28.6 Å². The molecule has 0 bridgehead atoms. The molecule has 0 aliphatic heterocycles. The lowest BCUT2D eigenvalue weighted by Crippen LogP contribution is -2.08. The molecule has 0 atom stereocenters. The van der Waals surface area contributed by atoms with E-state index in [-0.39, 0.29) is 11.4 Å². The van der Waals surface area contributed by atoms with Gasteiger partial charge in [0.25, 0.3) is 0 Å². The zero-order chi connectivity index (χ0) is 15.6. The highest BCUT2D eigenvalue weighted by Crippen LogP contribution is 2.34. The van der Waals surface area contributed by atoms with Crippen molar-refractivity contribution in [1.29, 1.82) is 5.26 Å². The van der Waals surface area contributed by atoms with Gasteiger partial charge in [-0.1, -0.05) is 0 Å². The first kappa shape index (κ1) is 14.7. The molecule has 0 saturated carbocycles. The van der Waals surface area contributed by atoms with Gasteiger partial charge < -0.3 is 11.1 Å². The van der Waals surface area contributed by atoms with Crippen LogP contribution in [0.5, 0.6) is 0 Å². The lowest BCUT2D eigenvalue weighted by molar-refractivity contribution is -0.139. The smallest absolute Gasteiger partial charge is 0.397 e. The van der Waals surface area contributed by atoms with Crippen molar-refractivity contribution in [2.75, 3.05) is 11.1 Å². The van der Waals surface area contributed by atoms with Crippen molar-refractivity contribution in [2.24, 2.45) is 0 Å². The number of benzene rings is 2. The summed E-state index contributed by atoms with van der Waals surface area (Å²) in [7, 11) is 0. The molecule has 0 amide bonds. The number of alkyl halides is 3. The van der Waals surface area contributed by atoms with Gasteiger partial charge in [-0.3, -0.25) is 0 Å². The third-order valence-corrected chi connectivity index (χ3v) is 2.73. The van der Waals surface area contributed by atoms with E-state index in [0.717, 1.165) is 6.07 Å². The summed E-state index contributed by atoms with van der Waals surface area (Å²) < 4.78 is 51.0. The number of rotatable bonds is 2. The Labute approximate surface area is 117 Å². The number of nitrogens with one attached hydrogen (secondary N) is 1. The van der Waals surface area contributed by atoms with Crippen LogP contribution in [0.1, 0.15) is 11.1 Å². The Hall–Kier alpha value is -2.75. The molecule has 108 valence electrons. The number of halogens is 4. The molecular weight excluding hydrogens is 286 g/mol. The van der Waals surface area contributed by atoms with E-state index in [2.05, 4.69) is 5.32 Å². The van der Waals surface area contributed by atoms with Crippen LogP contribution < -0.4 is 11.1 Å². The highest BCUT2D eigenvalue weighted by atomic mass is 19.4. The normalized spacial score (nSPS) is 11.0. The van der Waals surface area contributed by atoms with Crippen molar-refractivity contribution < 1.29 is 17.6 Å². The summed E-state index contributed by atoms with van der Waals surface area (Å²) in [6, 6.07) is 8.76. The maximum atomic E-state index is 13.2. The Balaban J connectivity index is 2.35. The molecule has 3 nitrogen and oxygen atoms in total. The molecule has 2 aromatic rings. The number of anilines is 3. The van der Waals surface area contributed by atoms with E-state index >= 15 is 0 Å². The van der Waals surface area contributed by atoms with Crippen molar-refractivity contribution in [2.45, 2.75) is 6.18 Å². The number of hydrogen-bond acceptors (Lipinski definition) is 3. The van der Waals surface area contributed by atoms with Gasteiger partial charge in [0, 0.05) is 5.69 Å². The summed E-state index contributed by atoms with van der Waals surface area (Å²) in [5.74, 6) is -1.35. The molecule has 0 saturated heterocycles. The Morgan fingerprint density at radius 1 is 1.10 bits per heavy atom. The minimum atomic E-state index is -4.78. The van der Waals surface area contributed by atoms with Gasteiger partial charge >= 0.3 is 6.18 Å². The van der Waals surface area contributed by atoms with Crippen molar-refractivity contribution in [3.8, 4) is 6.07 Å². The van der Waals surface area contributed by atoms with Gasteiger partial charge in [-0.25, -0.2) is 4.39 Å². The third kappa shape index (κ3) is 3.23. The van der Waals surface area contributed by atoms with Crippen molar-refractivity contribution >= 4 is 17.1 Å². The second kappa shape index (κ2) is 5.32. The Kier molecular flexibility index (Phi) is 3.72. The van der Waals surface area contributed by atoms with Crippen LogP contribution in [0.25, 0.3) is 0 Å². The molecule has 0 aliphatic carbocycles. The highest BCUT2D eigenvalue weighted by Gasteiger charge is 2.34.